The predicted molar refractivity (Wildman–Crippen MR) is 72.8 cm³/mol. The summed E-state index contributed by atoms with van der Waals surface area (Å²) in [5.41, 5.74) is 12.4. The summed E-state index contributed by atoms with van der Waals surface area (Å²) in [6.07, 6.45) is -0.159. The zero-order chi connectivity index (χ0) is 14.4. The monoisotopic (exact) mass is 265 g/mol. The second-order valence-corrected chi connectivity index (χ2v) is 4.24. The Labute approximate surface area is 112 Å². The first kappa shape index (κ1) is 15.1. The molecule has 5 N–H and O–H groups in total. The standard InChI is InChI=1S/C13H19N3O3/c1-8-3-4-9(5-11(8)13(15)18)16-12(17)6-10(7-14)19-2/h3-5,10H,6-7,14H2,1-2H3,(H2,15,18)(H,16,17). The van der Waals surface area contributed by atoms with Crippen LogP contribution in [0.3, 0.4) is 0 Å². The molecule has 6 heteroatoms. The van der Waals surface area contributed by atoms with E-state index in [1.807, 2.05) is 0 Å². The number of hydrogen-bond donors (Lipinski definition) is 3. The minimum absolute atomic E-state index is 0.160. The molecule has 0 saturated carbocycles. The number of aryl methyl sites for hydroxylation is 1. The van der Waals surface area contributed by atoms with Crippen molar-refractivity contribution in [1.82, 2.24) is 0 Å². The minimum Gasteiger partial charge on any atom is -0.380 e. The van der Waals surface area contributed by atoms with Gasteiger partial charge in [0.1, 0.15) is 0 Å². The van der Waals surface area contributed by atoms with Crippen LogP contribution in [-0.2, 0) is 9.53 Å². The van der Waals surface area contributed by atoms with Crippen LogP contribution in [0.25, 0.3) is 0 Å². The van der Waals surface area contributed by atoms with Crippen LogP contribution in [-0.4, -0.2) is 31.6 Å². The van der Waals surface area contributed by atoms with Crippen molar-refractivity contribution in [2.24, 2.45) is 11.5 Å². The third kappa shape index (κ3) is 4.35. The molecule has 1 rings (SSSR count). The second-order valence-electron chi connectivity index (χ2n) is 4.24. The molecule has 0 aliphatic heterocycles. The summed E-state index contributed by atoms with van der Waals surface area (Å²) in [6, 6.07) is 5.00. The van der Waals surface area contributed by atoms with Crippen LogP contribution >= 0.6 is 0 Å². The van der Waals surface area contributed by atoms with Gasteiger partial charge >= 0.3 is 0 Å². The number of carbonyl (C=O) groups excluding carboxylic acids is 2. The van der Waals surface area contributed by atoms with Gasteiger partial charge in [-0.3, -0.25) is 9.59 Å². The normalized spacial score (nSPS) is 11.9. The number of anilines is 1. The van der Waals surface area contributed by atoms with Gasteiger partial charge in [-0.05, 0) is 24.6 Å². The Kier molecular flexibility index (Phi) is 5.47. The number of rotatable bonds is 6. The van der Waals surface area contributed by atoms with Gasteiger partial charge in [0.05, 0.1) is 12.5 Å². The molecule has 0 saturated heterocycles. The van der Waals surface area contributed by atoms with Crippen molar-refractivity contribution in [1.29, 1.82) is 0 Å². The summed E-state index contributed by atoms with van der Waals surface area (Å²) >= 11 is 0. The fourth-order valence-electron chi connectivity index (χ4n) is 1.65. The van der Waals surface area contributed by atoms with E-state index in [2.05, 4.69) is 5.32 Å². The molecule has 1 aromatic rings. The average molecular weight is 265 g/mol. The molecular weight excluding hydrogens is 246 g/mol. The summed E-state index contributed by atoms with van der Waals surface area (Å²) in [5.74, 6) is -0.748. The van der Waals surface area contributed by atoms with Gasteiger partial charge in [0.15, 0.2) is 0 Å². The molecule has 1 unspecified atom stereocenters. The highest BCUT2D eigenvalue weighted by molar-refractivity contribution is 5.97. The van der Waals surface area contributed by atoms with E-state index < -0.39 is 5.91 Å². The van der Waals surface area contributed by atoms with Crippen LogP contribution in [0.4, 0.5) is 5.69 Å². The molecular formula is C13H19N3O3. The SMILES string of the molecule is COC(CN)CC(=O)Nc1ccc(C)c(C(N)=O)c1. The maximum atomic E-state index is 11.7. The number of benzene rings is 1. The molecule has 2 amide bonds. The highest BCUT2D eigenvalue weighted by atomic mass is 16.5. The largest absolute Gasteiger partial charge is 0.380 e. The lowest BCUT2D eigenvalue weighted by Gasteiger charge is -2.13. The summed E-state index contributed by atoms with van der Waals surface area (Å²) in [7, 11) is 1.50. The van der Waals surface area contributed by atoms with E-state index in [1.165, 1.54) is 7.11 Å². The fourth-order valence-corrected chi connectivity index (χ4v) is 1.65. The first-order chi connectivity index (χ1) is 8.97. The number of hydrogen-bond acceptors (Lipinski definition) is 4. The van der Waals surface area contributed by atoms with Crippen molar-refractivity contribution in [3.8, 4) is 0 Å². The van der Waals surface area contributed by atoms with E-state index in [0.29, 0.717) is 11.3 Å². The molecule has 1 atom stereocenters. The third-order valence-corrected chi connectivity index (χ3v) is 2.80. The minimum atomic E-state index is -0.523. The Morgan fingerprint density at radius 3 is 2.63 bits per heavy atom. The molecule has 104 valence electrons. The van der Waals surface area contributed by atoms with E-state index in [4.69, 9.17) is 16.2 Å². The molecule has 19 heavy (non-hydrogen) atoms. The summed E-state index contributed by atoms with van der Waals surface area (Å²) in [6.45, 7) is 2.05. The average Bonchev–Trinajstić information content (AvgIpc) is 2.37. The number of nitrogens with one attached hydrogen (secondary N) is 1. The number of amides is 2. The molecule has 0 bridgehead atoms. The molecule has 0 heterocycles. The van der Waals surface area contributed by atoms with E-state index >= 15 is 0 Å². The van der Waals surface area contributed by atoms with Crippen molar-refractivity contribution in [3.63, 3.8) is 0 Å². The predicted octanol–water partition coefficient (Wildman–Crippen LogP) is 0.396. The Bertz CT molecular complexity index is 470. The Hall–Kier alpha value is -1.92. The summed E-state index contributed by atoms with van der Waals surface area (Å²) in [5, 5.41) is 2.68. The number of primary amides is 1. The number of nitrogens with two attached hydrogens (primary N) is 2. The molecule has 6 nitrogen and oxygen atoms in total. The summed E-state index contributed by atoms with van der Waals surface area (Å²) < 4.78 is 5.03. The van der Waals surface area contributed by atoms with Gasteiger partial charge in [-0.1, -0.05) is 6.07 Å². The van der Waals surface area contributed by atoms with Crippen LogP contribution in [0.15, 0.2) is 18.2 Å². The van der Waals surface area contributed by atoms with Crippen molar-refractivity contribution in [3.05, 3.63) is 29.3 Å². The molecule has 0 aliphatic carbocycles. The Balaban J connectivity index is 2.74. The van der Waals surface area contributed by atoms with E-state index in [9.17, 15) is 9.59 Å². The van der Waals surface area contributed by atoms with Gasteiger partial charge in [-0.15, -0.1) is 0 Å². The highest BCUT2D eigenvalue weighted by Crippen LogP contribution is 2.15. The second kappa shape index (κ2) is 6.86. The van der Waals surface area contributed by atoms with Gasteiger partial charge < -0.3 is 21.5 Å². The van der Waals surface area contributed by atoms with Crippen LogP contribution in [0.5, 0.6) is 0 Å². The number of ether oxygens (including phenoxy) is 1. The number of methoxy groups -OCH3 is 1. The third-order valence-electron chi connectivity index (χ3n) is 2.80. The van der Waals surface area contributed by atoms with Crippen LogP contribution < -0.4 is 16.8 Å². The number of carbonyl (C=O) groups is 2. The Morgan fingerprint density at radius 1 is 1.42 bits per heavy atom. The smallest absolute Gasteiger partial charge is 0.249 e. The molecule has 0 radical (unpaired) electrons. The Morgan fingerprint density at radius 2 is 2.11 bits per heavy atom. The summed E-state index contributed by atoms with van der Waals surface area (Å²) in [4.78, 5) is 22.9. The van der Waals surface area contributed by atoms with Crippen LogP contribution in [0.1, 0.15) is 22.3 Å². The van der Waals surface area contributed by atoms with E-state index in [0.717, 1.165) is 5.56 Å². The van der Waals surface area contributed by atoms with Crippen molar-refractivity contribution in [2.45, 2.75) is 19.4 Å². The van der Waals surface area contributed by atoms with Crippen molar-refractivity contribution < 1.29 is 14.3 Å². The van der Waals surface area contributed by atoms with Crippen molar-refractivity contribution >= 4 is 17.5 Å². The maximum absolute atomic E-state index is 11.7. The van der Waals surface area contributed by atoms with Gasteiger partial charge in [0, 0.05) is 24.9 Å². The van der Waals surface area contributed by atoms with E-state index in [-0.39, 0.29) is 25.0 Å². The van der Waals surface area contributed by atoms with Gasteiger partial charge in [-0.25, -0.2) is 0 Å². The lowest BCUT2D eigenvalue weighted by atomic mass is 10.1. The highest BCUT2D eigenvalue weighted by Gasteiger charge is 2.12. The van der Waals surface area contributed by atoms with Gasteiger partial charge in [0.2, 0.25) is 11.8 Å². The molecule has 0 fully saturated rings. The first-order valence-electron chi connectivity index (χ1n) is 5.91. The maximum Gasteiger partial charge on any atom is 0.249 e. The molecule has 0 spiro atoms. The topological polar surface area (TPSA) is 107 Å². The van der Waals surface area contributed by atoms with Crippen LogP contribution in [0.2, 0.25) is 0 Å². The zero-order valence-electron chi connectivity index (χ0n) is 11.1. The van der Waals surface area contributed by atoms with E-state index in [1.54, 1.807) is 25.1 Å². The molecule has 0 aromatic heterocycles. The fraction of sp³-hybridized carbons (Fsp3) is 0.385. The first-order valence-corrected chi connectivity index (χ1v) is 5.91. The zero-order valence-corrected chi connectivity index (χ0v) is 11.1. The lowest BCUT2D eigenvalue weighted by Crippen LogP contribution is -2.28. The lowest BCUT2D eigenvalue weighted by molar-refractivity contribution is -0.118. The molecule has 0 aliphatic rings. The van der Waals surface area contributed by atoms with Crippen LogP contribution in [0, 0.1) is 6.92 Å². The van der Waals surface area contributed by atoms with Crippen molar-refractivity contribution in [2.75, 3.05) is 19.0 Å². The van der Waals surface area contributed by atoms with Gasteiger partial charge in [-0.2, -0.15) is 0 Å². The quantitative estimate of drug-likeness (QED) is 0.691. The molecule has 1 aromatic carbocycles. The van der Waals surface area contributed by atoms with Gasteiger partial charge in [0.25, 0.3) is 0 Å².